The van der Waals surface area contributed by atoms with Crippen LogP contribution < -0.4 is 14.2 Å². The molecule has 0 saturated carbocycles. The highest BCUT2D eigenvalue weighted by Gasteiger charge is 2.26. The molecule has 1 radical (unpaired) electrons. The van der Waals surface area contributed by atoms with Crippen LogP contribution in [-0.2, 0) is 6.42 Å². The minimum absolute atomic E-state index is 0.197. The van der Waals surface area contributed by atoms with Gasteiger partial charge in [0.05, 0.1) is 23.2 Å². The molecule has 2 aromatic heterocycles. The van der Waals surface area contributed by atoms with Crippen molar-refractivity contribution in [1.82, 2.24) is 15.0 Å². The molecular formula is C18H18N3O3. The van der Waals surface area contributed by atoms with E-state index in [4.69, 9.17) is 14.2 Å². The quantitative estimate of drug-likeness (QED) is 0.777. The lowest BCUT2D eigenvalue weighted by atomic mass is 10.1. The van der Waals surface area contributed by atoms with Gasteiger partial charge in [-0.3, -0.25) is 0 Å². The lowest BCUT2D eigenvalue weighted by Crippen LogP contribution is -2.00. The zero-order chi connectivity index (χ0) is 16.5. The van der Waals surface area contributed by atoms with Crippen molar-refractivity contribution in [3.63, 3.8) is 0 Å². The first-order valence-corrected chi connectivity index (χ1v) is 7.99. The van der Waals surface area contributed by atoms with E-state index in [0.29, 0.717) is 24.5 Å². The first-order chi connectivity index (χ1) is 11.8. The number of fused-ring (bicyclic) bond motifs is 2. The Labute approximate surface area is 139 Å². The van der Waals surface area contributed by atoms with E-state index in [-0.39, 0.29) is 6.79 Å². The van der Waals surface area contributed by atoms with Gasteiger partial charge in [0, 0.05) is 6.20 Å². The number of hydrogen-bond acceptors (Lipinski definition) is 5. The molecule has 0 fully saturated rings. The second-order valence-electron chi connectivity index (χ2n) is 5.53. The average molecular weight is 324 g/mol. The van der Waals surface area contributed by atoms with Crippen LogP contribution in [0.5, 0.6) is 17.2 Å². The van der Waals surface area contributed by atoms with Crippen LogP contribution in [0.15, 0.2) is 24.7 Å². The molecule has 0 amide bonds. The number of nitrogens with zero attached hydrogens (tertiary/aromatic N) is 2. The highest BCUT2D eigenvalue weighted by molar-refractivity contribution is 5.95. The fourth-order valence-electron chi connectivity index (χ4n) is 2.88. The maximum Gasteiger partial charge on any atom is 0.231 e. The Morgan fingerprint density at radius 2 is 2.21 bits per heavy atom. The summed E-state index contributed by atoms with van der Waals surface area (Å²) < 4.78 is 17.1. The summed E-state index contributed by atoms with van der Waals surface area (Å²) in [6.45, 7) is 6.84. The molecule has 4 rings (SSSR count). The maximum absolute atomic E-state index is 5.93. The van der Waals surface area contributed by atoms with Crippen molar-refractivity contribution < 1.29 is 14.2 Å². The summed E-state index contributed by atoms with van der Waals surface area (Å²) in [6.07, 6.45) is 5.05. The second-order valence-corrected chi connectivity index (χ2v) is 5.53. The number of hydrogen-bond donors (Lipinski definition) is 1. The minimum atomic E-state index is 0.197. The van der Waals surface area contributed by atoms with Crippen LogP contribution in [0.2, 0.25) is 0 Å². The van der Waals surface area contributed by atoms with E-state index in [0.717, 1.165) is 40.0 Å². The zero-order valence-electron chi connectivity index (χ0n) is 13.5. The summed E-state index contributed by atoms with van der Waals surface area (Å²) in [5.74, 6) is 2.09. The molecule has 1 N–H and O–H groups in total. The third-order valence-electron chi connectivity index (χ3n) is 4.01. The number of aromatic nitrogens is 3. The van der Waals surface area contributed by atoms with Gasteiger partial charge in [-0.15, -0.1) is 0 Å². The number of aromatic amines is 1. The van der Waals surface area contributed by atoms with Crippen LogP contribution in [0.1, 0.15) is 18.9 Å². The molecule has 0 saturated heterocycles. The lowest BCUT2D eigenvalue weighted by molar-refractivity contribution is 0.174. The first-order valence-electron chi connectivity index (χ1n) is 7.99. The van der Waals surface area contributed by atoms with Gasteiger partial charge in [-0.2, -0.15) is 0 Å². The molecular weight excluding hydrogens is 306 g/mol. The number of H-pyrrole nitrogens is 1. The van der Waals surface area contributed by atoms with E-state index < -0.39 is 0 Å². The van der Waals surface area contributed by atoms with E-state index in [2.05, 4.69) is 28.8 Å². The standard InChI is InChI=1S/C18H18N3O3/c1-3-7-22-12-5-6-13-18(24-10-23-13)14(12)16-17-15(20-9-21-16)11(4-2)8-19-17/h5-6,8-9,19H,2-4,7,10H2,1H3. The van der Waals surface area contributed by atoms with Crippen LogP contribution >= 0.6 is 0 Å². The minimum Gasteiger partial charge on any atom is -0.493 e. The molecule has 3 heterocycles. The molecule has 0 atom stereocenters. The predicted octanol–water partition coefficient (Wildman–Crippen LogP) is 3.52. The largest absolute Gasteiger partial charge is 0.493 e. The zero-order valence-corrected chi connectivity index (χ0v) is 13.5. The van der Waals surface area contributed by atoms with Crippen LogP contribution in [-0.4, -0.2) is 28.4 Å². The summed E-state index contributed by atoms with van der Waals surface area (Å²) in [7, 11) is 0. The van der Waals surface area contributed by atoms with E-state index >= 15 is 0 Å². The second kappa shape index (κ2) is 6.03. The normalized spacial score (nSPS) is 12.8. The molecule has 3 aromatic rings. The highest BCUT2D eigenvalue weighted by Crippen LogP contribution is 2.47. The molecule has 6 nitrogen and oxygen atoms in total. The Morgan fingerprint density at radius 3 is 3.04 bits per heavy atom. The summed E-state index contributed by atoms with van der Waals surface area (Å²) >= 11 is 0. The Hall–Kier alpha value is -2.76. The van der Waals surface area contributed by atoms with Crippen molar-refractivity contribution in [2.24, 2.45) is 0 Å². The van der Waals surface area contributed by atoms with Gasteiger partial charge in [0.2, 0.25) is 6.79 Å². The SMILES string of the molecule is [CH2]Cc1c[nH]c2c(-c3c(OCCC)ccc4c3OCO4)ncnc12. The van der Waals surface area contributed by atoms with Gasteiger partial charge >= 0.3 is 0 Å². The van der Waals surface area contributed by atoms with Gasteiger partial charge in [-0.1, -0.05) is 6.92 Å². The third-order valence-corrected chi connectivity index (χ3v) is 4.01. The Morgan fingerprint density at radius 1 is 1.29 bits per heavy atom. The first kappa shape index (κ1) is 14.8. The molecule has 1 aliphatic rings. The summed E-state index contributed by atoms with van der Waals surface area (Å²) in [5, 5.41) is 0. The van der Waals surface area contributed by atoms with Crippen LogP contribution in [0.4, 0.5) is 0 Å². The van der Waals surface area contributed by atoms with Gasteiger partial charge in [0.1, 0.15) is 17.8 Å². The van der Waals surface area contributed by atoms with Crippen molar-refractivity contribution in [2.75, 3.05) is 13.4 Å². The molecule has 0 spiro atoms. The molecule has 1 aromatic carbocycles. The van der Waals surface area contributed by atoms with Crippen molar-refractivity contribution in [3.8, 4) is 28.5 Å². The highest BCUT2D eigenvalue weighted by atomic mass is 16.7. The van der Waals surface area contributed by atoms with Gasteiger partial charge in [-0.25, -0.2) is 9.97 Å². The number of ether oxygens (including phenoxy) is 3. The van der Waals surface area contributed by atoms with E-state index in [1.54, 1.807) is 6.33 Å². The number of benzene rings is 1. The van der Waals surface area contributed by atoms with Crippen molar-refractivity contribution in [2.45, 2.75) is 19.8 Å². The van der Waals surface area contributed by atoms with Crippen molar-refractivity contribution in [3.05, 3.63) is 37.1 Å². The van der Waals surface area contributed by atoms with E-state index in [9.17, 15) is 0 Å². The Kier molecular flexibility index (Phi) is 3.72. The Bertz CT molecular complexity index is 889. The smallest absolute Gasteiger partial charge is 0.231 e. The van der Waals surface area contributed by atoms with E-state index in [1.165, 1.54) is 0 Å². The third kappa shape index (κ3) is 2.26. The van der Waals surface area contributed by atoms with Gasteiger partial charge < -0.3 is 19.2 Å². The molecule has 24 heavy (non-hydrogen) atoms. The summed E-state index contributed by atoms with van der Waals surface area (Å²) in [4.78, 5) is 12.1. The lowest BCUT2D eigenvalue weighted by Gasteiger charge is -2.13. The number of nitrogens with one attached hydrogen (secondary N) is 1. The van der Waals surface area contributed by atoms with Gasteiger partial charge in [-0.05, 0) is 37.5 Å². The van der Waals surface area contributed by atoms with Crippen LogP contribution in [0, 0.1) is 6.92 Å². The molecule has 0 bridgehead atoms. The van der Waals surface area contributed by atoms with Gasteiger partial charge in [0.25, 0.3) is 0 Å². The fourth-order valence-corrected chi connectivity index (χ4v) is 2.88. The van der Waals surface area contributed by atoms with Gasteiger partial charge in [0.15, 0.2) is 11.5 Å². The Balaban J connectivity index is 1.95. The monoisotopic (exact) mass is 324 g/mol. The predicted molar refractivity (Wildman–Crippen MR) is 90.3 cm³/mol. The molecule has 0 aliphatic carbocycles. The van der Waals surface area contributed by atoms with Crippen molar-refractivity contribution >= 4 is 11.0 Å². The van der Waals surface area contributed by atoms with Crippen LogP contribution in [0.25, 0.3) is 22.3 Å². The molecule has 1 aliphatic heterocycles. The van der Waals surface area contributed by atoms with Crippen LogP contribution in [0.3, 0.4) is 0 Å². The number of rotatable bonds is 5. The fraction of sp³-hybridized carbons (Fsp3) is 0.278. The summed E-state index contributed by atoms with van der Waals surface area (Å²) in [6, 6.07) is 3.77. The average Bonchev–Trinajstić information content (AvgIpc) is 3.25. The molecule has 6 heteroatoms. The van der Waals surface area contributed by atoms with E-state index in [1.807, 2.05) is 18.3 Å². The summed E-state index contributed by atoms with van der Waals surface area (Å²) in [5.41, 5.74) is 4.31. The maximum atomic E-state index is 5.93. The molecule has 123 valence electrons. The molecule has 0 unspecified atom stereocenters. The topological polar surface area (TPSA) is 69.3 Å². The van der Waals surface area contributed by atoms with Crippen molar-refractivity contribution in [1.29, 1.82) is 0 Å².